The largest absolute Gasteiger partial charge is 0.496 e. The van der Waals surface area contributed by atoms with Crippen LogP contribution in [0.15, 0.2) is 42.5 Å². The Morgan fingerprint density at radius 1 is 1.17 bits per heavy atom. The molecule has 2 nitrogen and oxygen atoms in total. The smallest absolute Gasteiger partial charge is 0.146 e. The van der Waals surface area contributed by atoms with Gasteiger partial charge in [0.25, 0.3) is 0 Å². The van der Waals surface area contributed by atoms with Gasteiger partial charge in [0, 0.05) is 17.1 Å². The minimum atomic E-state index is -0.288. The van der Waals surface area contributed by atoms with E-state index in [9.17, 15) is 4.39 Å². The third-order valence-corrected chi connectivity index (χ3v) is 2.98. The molecule has 2 aromatic rings. The van der Waals surface area contributed by atoms with Gasteiger partial charge in [0.2, 0.25) is 0 Å². The van der Waals surface area contributed by atoms with Crippen LogP contribution in [-0.2, 0) is 6.54 Å². The second-order valence-corrected chi connectivity index (χ2v) is 4.16. The molecule has 0 bridgehead atoms. The number of benzene rings is 2. The van der Waals surface area contributed by atoms with Crippen molar-refractivity contribution < 1.29 is 9.13 Å². The van der Waals surface area contributed by atoms with Crippen molar-refractivity contribution >= 4 is 17.3 Å². The van der Waals surface area contributed by atoms with E-state index in [0.29, 0.717) is 23.0 Å². The molecule has 0 unspecified atom stereocenters. The number of hydrogen-bond donors (Lipinski definition) is 1. The molecule has 0 saturated heterocycles. The summed E-state index contributed by atoms with van der Waals surface area (Å²) in [7, 11) is 1.58. The fraction of sp³-hybridized carbons (Fsp3) is 0.143. The first-order valence-electron chi connectivity index (χ1n) is 5.52. The number of hydrogen-bond acceptors (Lipinski definition) is 2. The molecule has 0 aliphatic carbocycles. The van der Waals surface area contributed by atoms with Gasteiger partial charge in [-0.1, -0.05) is 29.8 Å². The molecule has 2 rings (SSSR count). The lowest BCUT2D eigenvalue weighted by Crippen LogP contribution is -2.03. The highest BCUT2D eigenvalue weighted by molar-refractivity contribution is 6.31. The van der Waals surface area contributed by atoms with E-state index in [1.54, 1.807) is 31.4 Å². The number of nitrogens with one attached hydrogen (secondary N) is 1. The molecule has 0 spiro atoms. The summed E-state index contributed by atoms with van der Waals surface area (Å²) in [6, 6.07) is 11.9. The second-order valence-electron chi connectivity index (χ2n) is 3.75. The molecular weight excluding hydrogens is 253 g/mol. The molecule has 2 aromatic carbocycles. The summed E-state index contributed by atoms with van der Waals surface area (Å²) >= 11 is 6.10. The Kier molecular flexibility index (Phi) is 4.05. The van der Waals surface area contributed by atoms with Crippen molar-refractivity contribution in [3.8, 4) is 5.75 Å². The minimum Gasteiger partial charge on any atom is -0.496 e. The highest BCUT2D eigenvalue weighted by atomic mass is 35.5. The van der Waals surface area contributed by atoms with Gasteiger partial charge in [0.15, 0.2) is 0 Å². The maximum Gasteiger partial charge on any atom is 0.146 e. The summed E-state index contributed by atoms with van der Waals surface area (Å²) in [5.41, 5.74) is 1.25. The molecule has 1 N–H and O–H groups in total. The minimum absolute atomic E-state index is 0.288. The van der Waals surface area contributed by atoms with E-state index in [4.69, 9.17) is 16.3 Å². The molecule has 94 valence electrons. The average Bonchev–Trinajstić information content (AvgIpc) is 2.39. The summed E-state index contributed by atoms with van der Waals surface area (Å²) in [4.78, 5) is 0. The third kappa shape index (κ3) is 2.74. The molecule has 0 atom stereocenters. The lowest BCUT2D eigenvalue weighted by atomic mass is 10.2. The molecule has 0 amide bonds. The molecule has 0 radical (unpaired) electrons. The molecule has 18 heavy (non-hydrogen) atoms. The van der Waals surface area contributed by atoms with Crippen LogP contribution in [-0.4, -0.2) is 7.11 Å². The van der Waals surface area contributed by atoms with Crippen LogP contribution < -0.4 is 10.1 Å². The highest BCUT2D eigenvalue weighted by Crippen LogP contribution is 2.27. The highest BCUT2D eigenvalue weighted by Gasteiger charge is 2.08. The van der Waals surface area contributed by atoms with Crippen molar-refractivity contribution in [1.29, 1.82) is 0 Å². The molecule has 0 saturated carbocycles. The van der Waals surface area contributed by atoms with Crippen LogP contribution in [0, 0.1) is 5.82 Å². The van der Waals surface area contributed by atoms with Crippen molar-refractivity contribution in [1.82, 2.24) is 0 Å². The summed E-state index contributed by atoms with van der Waals surface area (Å²) in [5.74, 6) is 0.398. The van der Waals surface area contributed by atoms with Crippen molar-refractivity contribution in [2.24, 2.45) is 0 Å². The first kappa shape index (κ1) is 12.7. The molecule has 0 aromatic heterocycles. The Hall–Kier alpha value is -1.74. The Morgan fingerprint density at radius 2 is 1.94 bits per heavy atom. The van der Waals surface area contributed by atoms with Gasteiger partial charge in [-0.15, -0.1) is 0 Å². The Balaban J connectivity index is 2.18. The summed E-state index contributed by atoms with van der Waals surface area (Å²) in [6.07, 6.45) is 0. The van der Waals surface area contributed by atoms with Crippen LogP contribution in [0.2, 0.25) is 5.02 Å². The van der Waals surface area contributed by atoms with Crippen LogP contribution in [0.25, 0.3) is 0 Å². The molecule has 0 aliphatic heterocycles. The van der Waals surface area contributed by atoms with Crippen LogP contribution >= 0.6 is 11.6 Å². The monoisotopic (exact) mass is 265 g/mol. The Labute approximate surface area is 110 Å². The van der Waals surface area contributed by atoms with Gasteiger partial charge in [0.05, 0.1) is 12.8 Å². The third-order valence-electron chi connectivity index (χ3n) is 2.63. The van der Waals surface area contributed by atoms with Gasteiger partial charge in [-0.25, -0.2) is 4.39 Å². The van der Waals surface area contributed by atoms with Gasteiger partial charge >= 0.3 is 0 Å². The van der Waals surface area contributed by atoms with Gasteiger partial charge < -0.3 is 10.1 Å². The molecular formula is C14H13ClFNO. The number of halogens is 2. The molecule has 0 aliphatic rings. The summed E-state index contributed by atoms with van der Waals surface area (Å²) in [6.45, 7) is 0.407. The van der Waals surface area contributed by atoms with Gasteiger partial charge in [-0.2, -0.15) is 0 Å². The number of rotatable bonds is 4. The maximum atomic E-state index is 13.4. The van der Waals surface area contributed by atoms with Crippen molar-refractivity contribution in [2.75, 3.05) is 12.4 Å². The van der Waals surface area contributed by atoms with Gasteiger partial charge in [-0.3, -0.25) is 0 Å². The average molecular weight is 266 g/mol. The standard InChI is InChI=1S/C14H13ClFNO/c1-18-14-8-4-5-11(15)10(14)9-17-13-7-3-2-6-12(13)16/h2-8,17H,9H2,1H3. The normalized spacial score (nSPS) is 10.2. The number of para-hydroxylation sites is 1. The Morgan fingerprint density at radius 3 is 2.67 bits per heavy atom. The van der Waals surface area contributed by atoms with Crippen molar-refractivity contribution in [3.05, 3.63) is 58.9 Å². The maximum absolute atomic E-state index is 13.4. The van der Waals surface area contributed by atoms with E-state index in [1.807, 2.05) is 12.1 Å². The predicted octanol–water partition coefficient (Wildman–Crippen LogP) is 4.10. The zero-order valence-corrected chi connectivity index (χ0v) is 10.7. The predicted molar refractivity (Wildman–Crippen MR) is 71.7 cm³/mol. The number of ether oxygens (including phenoxy) is 1. The summed E-state index contributed by atoms with van der Waals surface area (Å²) < 4.78 is 18.7. The zero-order valence-electron chi connectivity index (χ0n) is 9.91. The van der Waals surface area contributed by atoms with E-state index < -0.39 is 0 Å². The van der Waals surface area contributed by atoms with Crippen LogP contribution in [0.1, 0.15) is 5.56 Å². The molecule has 4 heteroatoms. The Bertz CT molecular complexity index is 545. The summed E-state index contributed by atoms with van der Waals surface area (Å²) in [5, 5.41) is 3.60. The lowest BCUT2D eigenvalue weighted by Gasteiger charge is -2.12. The zero-order chi connectivity index (χ0) is 13.0. The topological polar surface area (TPSA) is 21.3 Å². The quantitative estimate of drug-likeness (QED) is 0.899. The SMILES string of the molecule is COc1cccc(Cl)c1CNc1ccccc1F. The van der Waals surface area contributed by atoms with Crippen molar-refractivity contribution in [3.63, 3.8) is 0 Å². The second kappa shape index (κ2) is 5.74. The van der Waals surface area contributed by atoms with E-state index in [2.05, 4.69) is 5.32 Å². The fourth-order valence-corrected chi connectivity index (χ4v) is 1.92. The number of anilines is 1. The fourth-order valence-electron chi connectivity index (χ4n) is 1.69. The van der Waals surface area contributed by atoms with E-state index in [0.717, 1.165) is 5.56 Å². The van der Waals surface area contributed by atoms with Crippen LogP contribution in [0.5, 0.6) is 5.75 Å². The van der Waals surface area contributed by atoms with E-state index in [-0.39, 0.29) is 5.82 Å². The van der Waals surface area contributed by atoms with Crippen LogP contribution in [0.3, 0.4) is 0 Å². The molecule has 0 heterocycles. The van der Waals surface area contributed by atoms with Gasteiger partial charge in [0.1, 0.15) is 11.6 Å². The van der Waals surface area contributed by atoms with E-state index >= 15 is 0 Å². The van der Waals surface area contributed by atoms with E-state index in [1.165, 1.54) is 6.07 Å². The van der Waals surface area contributed by atoms with Gasteiger partial charge in [-0.05, 0) is 24.3 Å². The molecule has 0 fully saturated rings. The first-order valence-corrected chi connectivity index (χ1v) is 5.90. The first-order chi connectivity index (χ1) is 8.72. The lowest BCUT2D eigenvalue weighted by molar-refractivity contribution is 0.410. The number of methoxy groups -OCH3 is 1. The van der Waals surface area contributed by atoms with Crippen LogP contribution in [0.4, 0.5) is 10.1 Å². The van der Waals surface area contributed by atoms with Crippen molar-refractivity contribution in [2.45, 2.75) is 6.54 Å².